The van der Waals surface area contributed by atoms with Crippen LogP contribution in [-0.2, 0) is 9.59 Å². The molecule has 156 valence electrons. The summed E-state index contributed by atoms with van der Waals surface area (Å²) in [5.41, 5.74) is 0.796. The van der Waals surface area contributed by atoms with E-state index in [2.05, 4.69) is 0 Å². The topological polar surface area (TPSA) is 111 Å². The van der Waals surface area contributed by atoms with Crippen molar-refractivity contribution in [2.75, 3.05) is 18.0 Å². The van der Waals surface area contributed by atoms with Crippen molar-refractivity contribution < 1.29 is 24.9 Å². The van der Waals surface area contributed by atoms with Gasteiger partial charge in [-0.3, -0.25) is 9.59 Å². The summed E-state index contributed by atoms with van der Waals surface area (Å²) in [6.07, 6.45) is 2.31. The van der Waals surface area contributed by atoms with E-state index in [9.17, 15) is 15.0 Å². The van der Waals surface area contributed by atoms with E-state index >= 15 is 0 Å². The number of aliphatic hydroxyl groups excluding tert-OH is 1. The zero-order valence-electron chi connectivity index (χ0n) is 16.2. The fourth-order valence-corrected chi connectivity index (χ4v) is 4.29. The number of hydrogen-bond donors (Lipinski definition) is 3. The van der Waals surface area contributed by atoms with E-state index in [4.69, 9.17) is 26.5 Å². The molecule has 2 atom stereocenters. The standard InChI is InChI=1S/C20H23ClN2O3.CH2O2/c1-12-8-18(22-16-5-4-14(21)9-15(12)16)23-7-6-17(24)20(11-23,19(25)26)10-13-2-3-13;2-1-3/h4-5,8-9,13,17,24H,2-3,6-7,10-11H2,1H3,(H,25,26);1H,(H,2,3)/t17-,20-;/m0./s1. The number of halogens is 1. The molecule has 7 nitrogen and oxygen atoms in total. The largest absolute Gasteiger partial charge is 0.483 e. The van der Waals surface area contributed by atoms with Gasteiger partial charge in [0.2, 0.25) is 0 Å². The summed E-state index contributed by atoms with van der Waals surface area (Å²) < 4.78 is 0. The number of aromatic nitrogens is 1. The predicted molar refractivity (Wildman–Crippen MR) is 110 cm³/mol. The lowest BCUT2D eigenvalue weighted by Crippen LogP contribution is -2.56. The van der Waals surface area contributed by atoms with Crippen LogP contribution < -0.4 is 4.90 Å². The third-order valence-corrected chi connectivity index (χ3v) is 6.08. The molecular formula is C21H25ClN2O5. The Morgan fingerprint density at radius 3 is 2.66 bits per heavy atom. The molecule has 1 saturated carbocycles. The number of pyridine rings is 1. The number of carboxylic acid groups (broad SMARTS) is 2. The van der Waals surface area contributed by atoms with Gasteiger partial charge in [-0.2, -0.15) is 0 Å². The summed E-state index contributed by atoms with van der Waals surface area (Å²) in [5, 5.41) is 29.0. The number of carbonyl (C=O) groups is 2. The Labute approximate surface area is 173 Å². The number of fused-ring (bicyclic) bond motifs is 1. The summed E-state index contributed by atoms with van der Waals surface area (Å²) in [6.45, 7) is 2.66. The average molecular weight is 421 g/mol. The molecule has 1 aromatic carbocycles. The molecular weight excluding hydrogens is 396 g/mol. The molecule has 0 radical (unpaired) electrons. The second kappa shape index (κ2) is 8.55. The van der Waals surface area contributed by atoms with Gasteiger partial charge in [-0.25, -0.2) is 4.98 Å². The molecule has 8 heteroatoms. The molecule has 1 aliphatic carbocycles. The Morgan fingerprint density at radius 1 is 1.34 bits per heavy atom. The summed E-state index contributed by atoms with van der Waals surface area (Å²) in [6, 6.07) is 7.59. The van der Waals surface area contributed by atoms with Gasteiger partial charge in [0.25, 0.3) is 6.47 Å². The van der Waals surface area contributed by atoms with Gasteiger partial charge in [-0.15, -0.1) is 0 Å². The van der Waals surface area contributed by atoms with Crippen molar-refractivity contribution >= 4 is 40.8 Å². The second-order valence-electron chi connectivity index (χ2n) is 7.90. The highest BCUT2D eigenvalue weighted by atomic mass is 35.5. The van der Waals surface area contributed by atoms with Crippen molar-refractivity contribution in [1.82, 2.24) is 4.98 Å². The number of aryl methyl sites for hydroxylation is 1. The molecule has 0 bridgehead atoms. The van der Waals surface area contributed by atoms with Gasteiger partial charge in [0.1, 0.15) is 11.2 Å². The van der Waals surface area contributed by atoms with E-state index in [0.717, 1.165) is 35.1 Å². The minimum Gasteiger partial charge on any atom is -0.483 e. The summed E-state index contributed by atoms with van der Waals surface area (Å²) in [4.78, 5) is 27.2. The van der Waals surface area contributed by atoms with Crippen LogP contribution in [0.5, 0.6) is 0 Å². The zero-order chi connectivity index (χ0) is 21.2. The number of piperidine rings is 1. The van der Waals surface area contributed by atoms with Crippen LogP contribution in [0.1, 0.15) is 31.2 Å². The van der Waals surface area contributed by atoms with Gasteiger partial charge in [-0.1, -0.05) is 24.4 Å². The molecule has 1 aromatic heterocycles. The van der Waals surface area contributed by atoms with Gasteiger partial charge in [0, 0.05) is 23.5 Å². The van der Waals surface area contributed by atoms with Crippen molar-refractivity contribution in [3.05, 3.63) is 34.9 Å². The fourth-order valence-electron chi connectivity index (χ4n) is 4.12. The lowest BCUT2D eigenvalue weighted by molar-refractivity contribution is -0.158. The maximum atomic E-state index is 12.1. The molecule has 29 heavy (non-hydrogen) atoms. The Morgan fingerprint density at radius 2 is 2.03 bits per heavy atom. The SMILES string of the molecule is Cc1cc(N2CC[C@H](O)[C@@](CC3CC3)(C(=O)O)C2)nc2ccc(Cl)cc12.O=CO. The molecule has 0 unspecified atom stereocenters. The quantitative estimate of drug-likeness (QED) is 0.650. The Hall–Kier alpha value is -2.38. The van der Waals surface area contributed by atoms with Gasteiger partial charge < -0.3 is 20.2 Å². The highest BCUT2D eigenvalue weighted by molar-refractivity contribution is 6.31. The normalized spacial score (nSPS) is 24.0. The molecule has 1 saturated heterocycles. The number of benzene rings is 1. The van der Waals surface area contributed by atoms with Crippen molar-refractivity contribution in [1.29, 1.82) is 0 Å². The molecule has 2 fully saturated rings. The van der Waals surface area contributed by atoms with Crippen molar-refractivity contribution in [3.8, 4) is 0 Å². The molecule has 2 aromatic rings. The van der Waals surface area contributed by atoms with Crippen molar-refractivity contribution in [2.24, 2.45) is 11.3 Å². The number of nitrogens with zero attached hydrogens (tertiary/aromatic N) is 2. The van der Waals surface area contributed by atoms with E-state index < -0.39 is 17.5 Å². The molecule has 2 aliphatic rings. The maximum absolute atomic E-state index is 12.1. The van der Waals surface area contributed by atoms with E-state index in [-0.39, 0.29) is 6.47 Å². The van der Waals surface area contributed by atoms with E-state index in [1.165, 1.54) is 0 Å². The smallest absolute Gasteiger partial charge is 0.314 e. The number of rotatable bonds is 4. The first-order valence-electron chi connectivity index (χ1n) is 9.62. The van der Waals surface area contributed by atoms with Crippen molar-refractivity contribution in [3.63, 3.8) is 0 Å². The van der Waals surface area contributed by atoms with E-state index in [1.807, 2.05) is 36.1 Å². The number of carboxylic acids is 1. The van der Waals surface area contributed by atoms with Crippen molar-refractivity contribution in [2.45, 2.75) is 38.7 Å². The first kappa shape index (κ1) is 21.3. The first-order chi connectivity index (χ1) is 13.8. The Bertz CT molecular complexity index is 917. The first-order valence-corrected chi connectivity index (χ1v) is 9.99. The summed E-state index contributed by atoms with van der Waals surface area (Å²) in [5.74, 6) is 0.297. The minimum atomic E-state index is -1.11. The van der Waals surface area contributed by atoms with E-state index in [1.54, 1.807) is 0 Å². The molecule has 3 N–H and O–H groups in total. The number of aliphatic carboxylic acids is 1. The number of aliphatic hydroxyl groups is 1. The van der Waals surface area contributed by atoms with Gasteiger partial charge in [0.15, 0.2) is 0 Å². The van der Waals surface area contributed by atoms with Crippen LogP contribution in [0.3, 0.4) is 0 Å². The van der Waals surface area contributed by atoms with Gasteiger partial charge in [-0.05, 0) is 55.5 Å². The fraction of sp³-hybridized carbons (Fsp3) is 0.476. The molecule has 0 spiro atoms. The minimum absolute atomic E-state index is 0.250. The van der Waals surface area contributed by atoms with Crippen LogP contribution in [0, 0.1) is 18.3 Å². The van der Waals surface area contributed by atoms with Crippen LogP contribution in [0.15, 0.2) is 24.3 Å². The lowest BCUT2D eigenvalue weighted by Gasteiger charge is -2.44. The van der Waals surface area contributed by atoms with E-state index in [0.29, 0.717) is 36.9 Å². The molecule has 0 amide bonds. The molecule has 2 heterocycles. The monoisotopic (exact) mass is 420 g/mol. The summed E-state index contributed by atoms with van der Waals surface area (Å²) >= 11 is 6.09. The van der Waals surface area contributed by atoms with Crippen LogP contribution in [0.4, 0.5) is 5.82 Å². The van der Waals surface area contributed by atoms with Gasteiger partial charge in [0.05, 0.1) is 11.6 Å². The van der Waals surface area contributed by atoms with Crippen LogP contribution in [0.2, 0.25) is 5.02 Å². The molecule has 1 aliphatic heterocycles. The van der Waals surface area contributed by atoms with Gasteiger partial charge >= 0.3 is 5.97 Å². The third kappa shape index (κ3) is 4.46. The Balaban J connectivity index is 0.000000755. The third-order valence-electron chi connectivity index (χ3n) is 5.85. The lowest BCUT2D eigenvalue weighted by atomic mass is 9.73. The highest BCUT2D eigenvalue weighted by Gasteiger charge is 2.52. The van der Waals surface area contributed by atoms with Crippen LogP contribution in [-0.4, -0.2) is 51.9 Å². The Kier molecular flexibility index (Phi) is 6.29. The number of anilines is 1. The van der Waals surface area contributed by atoms with Crippen LogP contribution >= 0.6 is 11.6 Å². The van der Waals surface area contributed by atoms with Crippen LogP contribution in [0.25, 0.3) is 10.9 Å². The zero-order valence-corrected chi connectivity index (χ0v) is 17.0. The highest BCUT2D eigenvalue weighted by Crippen LogP contribution is 2.45. The predicted octanol–water partition coefficient (Wildman–Crippen LogP) is 3.34. The second-order valence-corrected chi connectivity index (χ2v) is 8.34. The molecule has 4 rings (SSSR count). The maximum Gasteiger partial charge on any atom is 0.314 e. The average Bonchev–Trinajstić information content (AvgIpc) is 3.48. The summed E-state index contributed by atoms with van der Waals surface area (Å²) in [7, 11) is 0. The number of hydrogen-bond acceptors (Lipinski definition) is 5.